The smallest absolute Gasteiger partial charge is 0.0241 e. The van der Waals surface area contributed by atoms with Crippen molar-refractivity contribution in [1.29, 1.82) is 0 Å². The maximum absolute atomic E-state index is 5.15. The van der Waals surface area contributed by atoms with Crippen molar-refractivity contribution >= 4 is 0 Å². The highest BCUT2D eigenvalue weighted by atomic mass is 14.9. The van der Waals surface area contributed by atoms with E-state index in [4.69, 9.17) is 5.73 Å². The maximum atomic E-state index is 5.15. The van der Waals surface area contributed by atoms with Crippen LogP contribution in [-0.4, -0.2) is 12.6 Å². The summed E-state index contributed by atoms with van der Waals surface area (Å²) >= 11 is 0. The Morgan fingerprint density at radius 3 is 2.89 bits per heavy atom. The molecule has 52 valence electrons. The van der Waals surface area contributed by atoms with Crippen LogP contribution < -0.4 is 11.1 Å². The summed E-state index contributed by atoms with van der Waals surface area (Å²) in [5.74, 6) is 0. The van der Waals surface area contributed by atoms with Crippen LogP contribution in [0.3, 0.4) is 0 Å². The summed E-state index contributed by atoms with van der Waals surface area (Å²) in [5.41, 5.74) is 5.15. The van der Waals surface area contributed by atoms with Crippen LogP contribution in [0.25, 0.3) is 0 Å². The van der Waals surface area contributed by atoms with Crippen LogP contribution in [-0.2, 0) is 0 Å². The quantitative estimate of drug-likeness (QED) is 0.542. The van der Waals surface area contributed by atoms with E-state index in [1.807, 2.05) is 19.1 Å². The molecule has 1 unspecified atom stereocenters. The molecule has 0 aromatic heterocycles. The molecule has 0 aliphatic heterocycles. The van der Waals surface area contributed by atoms with E-state index in [2.05, 4.69) is 11.9 Å². The van der Waals surface area contributed by atoms with E-state index in [0.717, 1.165) is 6.54 Å². The molecule has 0 saturated carbocycles. The lowest BCUT2D eigenvalue weighted by atomic mass is 10.3. The Bertz CT molecular complexity index is 97.1. The van der Waals surface area contributed by atoms with Crippen molar-refractivity contribution in [1.82, 2.24) is 5.32 Å². The van der Waals surface area contributed by atoms with E-state index in [1.54, 1.807) is 6.20 Å². The molecule has 0 fully saturated rings. The molecule has 0 heterocycles. The van der Waals surface area contributed by atoms with Crippen LogP contribution in [0.1, 0.15) is 6.92 Å². The molecular weight excluding hydrogens is 112 g/mol. The Balaban J connectivity index is 3.25. The minimum Gasteiger partial charge on any atom is -0.405 e. The van der Waals surface area contributed by atoms with E-state index in [0.29, 0.717) is 6.04 Å². The third kappa shape index (κ3) is 5.11. The van der Waals surface area contributed by atoms with Gasteiger partial charge in [-0.25, -0.2) is 0 Å². The molecule has 0 aliphatic carbocycles. The van der Waals surface area contributed by atoms with E-state index in [-0.39, 0.29) is 0 Å². The standard InChI is InChI=1S/C7H14N2/c1-3-6-9-7(2)4-5-8/h3-5,7,9H,1,6,8H2,2H3/b5-4+. The summed E-state index contributed by atoms with van der Waals surface area (Å²) in [6.45, 7) is 6.43. The van der Waals surface area contributed by atoms with Gasteiger partial charge in [-0.2, -0.15) is 0 Å². The van der Waals surface area contributed by atoms with Crippen LogP contribution in [0.5, 0.6) is 0 Å². The van der Waals surface area contributed by atoms with Crippen LogP contribution in [0.2, 0.25) is 0 Å². The third-order valence-corrected chi connectivity index (χ3v) is 0.984. The number of nitrogens with two attached hydrogens (primary N) is 1. The van der Waals surface area contributed by atoms with E-state index < -0.39 is 0 Å². The zero-order valence-electron chi connectivity index (χ0n) is 5.80. The van der Waals surface area contributed by atoms with Crippen LogP contribution in [0.15, 0.2) is 24.9 Å². The minimum atomic E-state index is 0.341. The Morgan fingerprint density at radius 1 is 1.78 bits per heavy atom. The van der Waals surface area contributed by atoms with Gasteiger partial charge in [0, 0.05) is 12.6 Å². The lowest BCUT2D eigenvalue weighted by Crippen LogP contribution is -2.23. The number of hydrogen-bond donors (Lipinski definition) is 2. The van der Waals surface area contributed by atoms with E-state index in [9.17, 15) is 0 Å². The molecule has 0 rings (SSSR count). The highest BCUT2D eigenvalue weighted by Gasteiger charge is 1.89. The lowest BCUT2D eigenvalue weighted by Gasteiger charge is -2.04. The molecule has 0 spiro atoms. The highest BCUT2D eigenvalue weighted by molar-refractivity contribution is 4.88. The molecule has 0 aromatic carbocycles. The zero-order valence-corrected chi connectivity index (χ0v) is 5.80. The molecule has 2 heteroatoms. The highest BCUT2D eigenvalue weighted by Crippen LogP contribution is 1.80. The van der Waals surface area contributed by atoms with Crippen LogP contribution in [0.4, 0.5) is 0 Å². The summed E-state index contributed by atoms with van der Waals surface area (Å²) in [4.78, 5) is 0. The number of rotatable bonds is 4. The first-order chi connectivity index (χ1) is 4.31. The number of hydrogen-bond acceptors (Lipinski definition) is 2. The zero-order chi connectivity index (χ0) is 7.11. The normalized spacial score (nSPS) is 13.9. The summed E-state index contributed by atoms with van der Waals surface area (Å²) in [7, 11) is 0. The third-order valence-electron chi connectivity index (χ3n) is 0.984. The summed E-state index contributed by atoms with van der Waals surface area (Å²) in [6.07, 6.45) is 5.26. The van der Waals surface area contributed by atoms with Gasteiger partial charge in [-0.1, -0.05) is 12.2 Å². The van der Waals surface area contributed by atoms with Crippen molar-refractivity contribution in [3.8, 4) is 0 Å². The average molecular weight is 126 g/mol. The van der Waals surface area contributed by atoms with Gasteiger partial charge in [0.1, 0.15) is 0 Å². The summed E-state index contributed by atoms with van der Waals surface area (Å²) in [6, 6.07) is 0.341. The maximum Gasteiger partial charge on any atom is 0.0241 e. The first kappa shape index (κ1) is 8.24. The molecule has 9 heavy (non-hydrogen) atoms. The van der Waals surface area contributed by atoms with Crippen LogP contribution in [0, 0.1) is 0 Å². The SMILES string of the molecule is C=CCNC(C)/C=C/N. The molecule has 0 aliphatic rings. The topological polar surface area (TPSA) is 38.0 Å². The molecule has 0 saturated heterocycles. The Labute approximate surface area is 56.4 Å². The first-order valence-corrected chi connectivity index (χ1v) is 3.04. The van der Waals surface area contributed by atoms with Crippen molar-refractivity contribution in [3.63, 3.8) is 0 Å². The van der Waals surface area contributed by atoms with Gasteiger partial charge in [0.15, 0.2) is 0 Å². The van der Waals surface area contributed by atoms with E-state index >= 15 is 0 Å². The molecule has 3 N–H and O–H groups in total. The molecule has 0 radical (unpaired) electrons. The molecular formula is C7H14N2. The fourth-order valence-electron chi connectivity index (χ4n) is 0.504. The van der Waals surface area contributed by atoms with Gasteiger partial charge in [0.2, 0.25) is 0 Å². The first-order valence-electron chi connectivity index (χ1n) is 3.04. The average Bonchev–Trinajstić information content (AvgIpc) is 1.85. The summed E-state index contributed by atoms with van der Waals surface area (Å²) < 4.78 is 0. The minimum absolute atomic E-state index is 0.341. The Kier molecular flexibility index (Phi) is 4.92. The number of nitrogens with one attached hydrogen (secondary N) is 1. The molecule has 0 amide bonds. The van der Waals surface area contributed by atoms with Crippen molar-refractivity contribution in [3.05, 3.63) is 24.9 Å². The molecule has 2 nitrogen and oxygen atoms in total. The largest absolute Gasteiger partial charge is 0.405 e. The Morgan fingerprint density at radius 2 is 2.44 bits per heavy atom. The lowest BCUT2D eigenvalue weighted by molar-refractivity contribution is 0.685. The molecule has 0 bridgehead atoms. The van der Waals surface area contributed by atoms with Gasteiger partial charge in [0.05, 0.1) is 0 Å². The second-order valence-electron chi connectivity index (χ2n) is 1.87. The van der Waals surface area contributed by atoms with Crippen molar-refractivity contribution in [2.45, 2.75) is 13.0 Å². The predicted molar refractivity (Wildman–Crippen MR) is 41.0 cm³/mol. The van der Waals surface area contributed by atoms with Crippen molar-refractivity contribution < 1.29 is 0 Å². The van der Waals surface area contributed by atoms with Gasteiger partial charge < -0.3 is 11.1 Å². The fourth-order valence-corrected chi connectivity index (χ4v) is 0.504. The van der Waals surface area contributed by atoms with Gasteiger partial charge in [-0.05, 0) is 13.1 Å². The van der Waals surface area contributed by atoms with Gasteiger partial charge in [-0.3, -0.25) is 0 Å². The van der Waals surface area contributed by atoms with Gasteiger partial charge >= 0.3 is 0 Å². The Hall–Kier alpha value is -0.760. The van der Waals surface area contributed by atoms with E-state index in [1.165, 1.54) is 0 Å². The van der Waals surface area contributed by atoms with Crippen molar-refractivity contribution in [2.75, 3.05) is 6.54 Å². The fraction of sp³-hybridized carbons (Fsp3) is 0.429. The van der Waals surface area contributed by atoms with Crippen LogP contribution >= 0.6 is 0 Å². The van der Waals surface area contributed by atoms with Crippen molar-refractivity contribution in [2.24, 2.45) is 5.73 Å². The summed E-state index contributed by atoms with van der Waals surface area (Å²) in [5, 5.41) is 3.15. The van der Waals surface area contributed by atoms with Gasteiger partial charge in [0.25, 0.3) is 0 Å². The predicted octanol–water partition coefficient (Wildman–Crippen LogP) is 0.623. The monoisotopic (exact) mass is 126 g/mol. The second-order valence-corrected chi connectivity index (χ2v) is 1.87. The van der Waals surface area contributed by atoms with Gasteiger partial charge in [-0.15, -0.1) is 6.58 Å². The second kappa shape index (κ2) is 5.38. The molecule has 1 atom stereocenters. The molecule has 0 aromatic rings.